The average Bonchev–Trinajstić information content (AvgIpc) is 2.55. The van der Waals surface area contributed by atoms with Crippen LogP contribution in [0.15, 0.2) is 42.5 Å². The summed E-state index contributed by atoms with van der Waals surface area (Å²) >= 11 is 0. The summed E-state index contributed by atoms with van der Waals surface area (Å²) in [6.45, 7) is 7.04. The summed E-state index contributed by atoms with van der Waals surface area (Å²) in [5.74, 6) is 0.985. The van der Waals surface area contributed by atoms with Gasteiger partial charge in [-0.2, -0.15) is 0 Å². The van der Waals surface area contributed by atoms with E-state index in [-0.39, 0.29) is 18.4 Å². The van der Waals surface area contributed by atoms with Crippen molar-refractivity contribution in [3.05, 3.63) is 64.7 Å². The number of nitrogens with two attached hydrogens (primary N) is 1. The second-order valence-corrected chi connectivity index (χ2v) is 6.36. The fraction of sp³-hybridized carbons (Fsp3) is 0.429. The van der Waals surface area contributed by atoms with E-state index in [1.807, 2.05) is 18.2 Å². The number of rotatable bonds is 8. The summed E-state index contributed by atoms with van der Waals surface area (Å²) in [5, 5.41) is 0. The zero-order valence-electron chi connectivity index (χ0n) is 15.0. The van der Waals surface area contributed by atoms with Crippen molar-refractivity contribution in [1.29, 1.82) is 0 Å². The molecule has 0 bridgehead atoms. The fourth-order valence-electron chi connectivity index (χ4n) is 2.94. The molecular formula is C21H30ClNO. The summed E-state index contributed by atoms with van der Waals surface area (Å²) < 4.78 is 6.05. The molecule has 0 fully saturated rings. The van der Waals surface area contributed by atoms with E-state index in [2.05, 4.69) is 45.0 Å². The first-order valence-electron chi connectivity index (χ1n) is 8.65. The Morgan fingerprint density at radius 1 is 1.00 bits per heavy atom. The van der Waals surface area contributed by atoms with Gasteiger partial charge in [-0.1, -0.05) is 68.7 Å². The van der Waals surface area contributed by atoms with Crippen LogP contribution in [-0.4, -0.2) is 0 Å². The second kappa shape index (κ2) is 10.4. The number of ether oxygens (including phenoxy) is 1. The van der Waals surface area contributed by atoms with E-state index in [9.17, 15) is 0 Å². The van der Waals surface area contributed by atoms with E-state index >= 15 is 0 Å². The van der Waals surface area contributed by atoms with Crippen molar-refractivity contribution < 1.29 is 4.74 Å². The Balaban J connectivity index is 0.00000288. The molecule has 0 unspecified atom stereocenters. The number of hydrogen-bond acceptors (Lipinski definition) is 2. The number of halogens is 1. The van der Waals surface area contributed by atoms with E-state index in [1.54, 1.807) is 0 Å². The van der Waals surface area contributed by atoms with E-state index in [1.165, 1.54) is 41.5 Å². The first-order valence-corrected chi connectivity index (χ1v) is 8.65. The monoisotopic (exact) mass is 347 g/mol. The van der Waals surface area contributed by atoms with Gasteiger partial charge < -0.3 is 10.5 Å². The molecule has 0 aliphatic heterocycles. The van der Waals surface area contributed by atoms with E-state index in [0.29, 0.717) is 6.61 Å². The highest BCUT2D eigenvalue weighted by Gasteiger charge is 2.11. The summed E-state index contributed by atoms with van der Waals surface area (Å²) in [6, 6.07) is 14.8. The molecule has 0 saturated carbocycles. The third kappa shape index (κ3) is 5.85. The molecule has 3 heteroatoms. The van der Waals surface area contributed by atoms with Crippen LogP contribution in [0.1, 0.15) is 60.9 Å². The Hall–Kier alpha value is -1.51. The van der Waals surface area contributed by atoms with Crippen LogP contribution in [0.25, 0.3) is 0 Å². The standard InChI is InChI=1S/C21H29NO.ClH/c1-4-5-7-12-20(22)19-13-16(2)21(17(3)14-19)23-15-18-10-8-6-9-11-18;/h6,8-11,13-14,20H,4-5,7,12,15,22H2,1-3H3;1H/t20-;/m1./s1. The number of aryl methyl sites for hydroxylation is 2. The van der Waals surface area contributed by atoms with Crippen LogP contribution in [0.5, 0.6) is 5.75 Å². The fourth-order valence-corrected chi connectivity index (χ4v) is 2.94. The van der Waals surface area contributed by atoms with Gasteiger partial charge in [-0.25, -0.2) is 0 Å². The highest BCUT2D eigenvalue weighted by molar-refractivity contribution is 5.85. The Morgan fingerprint density at radius 2 is 1.62 bits per heavy atom. The van der Waals surface area contributed by atoms with Crippen LogP contribution < -0.4 is 10.5 Å². The van der Waals surface area contributed by atoms with Crippen LogP contribution in [0.2, 0.25) is 0 Å². The first kappa shape index (κ1) is 20.5. The predicted octanol–water partition coefficient (Wildman–Crippen LogP) is 5.88. The smallest absolute Gasteiger partial charge is 0.125 e. The van der Waals surface area contributed by atoms with Gasteiger partial charge in [-0.3, -0.25) is 0 Å². The van der Waals surface area contributed by atoms with Crippen molar-refractivity contribution in [2.75, 3.05) is 0 Å². The van der Waals surface area contributed by atoms with Crippen molar-refractivity contribution >= 4 is 12.4 Å². The lowest BCUT2D eigenvalue weighted by molar-refractivity contribution is 0.302. The minimum Gasteiger partial charge on any atom is -0.488 e. The molecule has 2 N–H and O–H groups in total. The summed E-state index contributed by atoms with van der Waals surface area (Å²) in [6.07, 6.45) is 4.74. The number of benzene rings is 2. The van der Waals surface area contributed by atoms with Gasteiger partial charge >= 0.3 is 0 Å². The normalized spacial score (nSPS) is 11.7. The van der Waals surface area contributed by atoms with Crippen molar-refractivity contribution in [2.45, 2.75) is 59.1 Å². The van der Waals surface area contributed by atoms with Gasteiger partial charge in [0.25, 0.3) is 0 Å². The van der Waals surface area contributed by atoms with Crippen molar-refractivity contribution in [2.24, 2.45) is 5.73 Å². The molecule has 132 valence electrons. The Morgan fingerprint density at radius 3 is 2.21 bits per heavy atom. The molecule has 0 aliphatic rings. The maximum Gasteiger partial charge on any atom is 0.125 e. The lowest BCUT2D eigenvalue weighted by Gasteiger charge is -2.17. The topological polar surface area (TPSA) is 35.2 Å². The zero-order chi connectivity index (χ0) is 16.7. The zero-order valence-corrected chi connectivity index (χ0v) is 15.9. The van der Waals surface area contributed by atoms with Crippen LogP contribution in [0.3, 0.4) is 0 Å². The maximum absolute atomic E-state index is 6.35. The molecule has 0 heterocycles. The molecule has 0 radical (unpaired) electrons. The summed E-state index contributed by atoms with van der Waals surface area (Å²) in [4.78, 5) is 0. The third-order valence-corrected chi connectivity index (χ3v) is 4.26. The van der Waals surface area contributed by atoms with Crippen LogP contribution in [0.4, 0.5) is 0 Å². The molecule has 2 rings (SSSR count). The van der Waals surface area contributed by atoms with Gasteiger partial charge in [-0.05, 0) is 42.5 Å². The van der Waals surface area contributed by atoms with Crippen molar-refractivity contribution in [3.8, 4) is 5.75 Å². The van der Waals surface area contributed by atoms with Gasteiger partial charge in [0.05, 0.1) is 0 Å². The average molecular weight is 348 g/mol. The van der Waals surface area contributed by atoms with E-state index in [0.717, 1.165) is 12.2 Å². The number of unbranched alkanes of at least 4 members (excludes halogenated alkanes) is 2. The minimum absolute atomic E-state index is 0. The van der Waals surface area contributed by atoms with E-state index < -0.39 is 0 Å². The predicted molar refractivity (Wildman–Crippen MR) is 105 cm³/mol. The first-order chi connectivity index (χ1) is 11.1. The molecule has 0 saturated heterocycles. The highest BCUT2D eigenvalue weighted by atomic mass is 35.5. The quantitative estimate of drug-likeness (QED) is 0.605. The van der Waals surface area contributed by atoms with Crippen LogP contribution in [0, 0.1) is 13.8 Å². The number of hydrogen-bond donors (Lipinski definition) is 1. The lowest BCUT2D eigenvalue weighted by atomic mass is 9.97. The SMILES string of the molecule is CCCCC[C@@H](N)c1cc(C)c(OCc2ccccc2)c(C)c1.Cl. The van der Waals surface area contributed by atoms with Crippen LogP contribution >= 0.6 is 12.4 Å². The molecule has 24 heavy (non-hydrogen) atoms. The Kier molecular flexibility index (Phi) is 8.88. The molecule has 1 atom stereocenters. The molecule has 2 nitrogen and oxygen atoms in total. The van der Waals surface area contributed by atoms with Crippen molar-refractivity contribution in [3.63, 3.8) is 0 Å². The molecule has 2 aromatic rings. The largest absolute Gasteiger partial charge is 0.488 e. The lowest BCUT2D eigenvalue weighted by Crippen LogP contribution is -2.11. The Labute approximate surface area is 152 Å². The van der Waals surface area contributed by atoms with Gasteiger partial charge in [-0.15, -0.1) is 12.4 Å². The van der Waals surface area contributed by atoms with Crippen molar-refractivity contribution in [1.82, 2.24) is 0 Å². The maximum atomic E-state index is 6.35. The van der Waals surface area contributed by atoms with E-state index in [4.69, 9.17) is 10.5 Å². The highest BCUT2D eigenvalue weighted by Crippen LogP contribution is 2.29. The molecular weight excluding hydrogens is 318 g/mol. The summed E-state index contributed by atoms with van der Waals surface area (Å²) in [5.41, 5.74) is 11.1. The summed E-state index contributed by atoms with van der Waals surface area (Å²) in [7, 11) is 0. The third-order valence-electron chi connectivity index (χ3n) is 4.26. The second-order valence-electron chi connectivity index (χ2n) is 6.36. The molecule has 0 amide bonds. The molecule has 0 spiro atoms. The van der Waals surface area contributed by atoms with Gasteiger partial charge in [0, 0.05) is 6.04 Å². The molecule has 0 aromatic heterocycles. The Bertz CT molecular complexity index is 589. The molecule has 2 aromatic carbocycles. The minimum atomic E-state index is 0. The van der Waals surface area contributed by atoms with Gasteiger partial charge in [0.2, 0.25) is 0 Å². The van der Waals surface area contributed by atoms with Crippen LogP contribution in [-0.2, 0) is 6.61 Å². The molecule has 0 aliphatic carbocycles. The van der Waals surface area contributed by atoms with Gasteiger partial charge in [0.1, 0.15) is 12.4 Å². The van der Waals surface area contributed by atoms with Gasteiger partial charge in [0.15, 0.2) is 0 Å².